The minimum absolute atomic E-state index is 0.115. The SMILES string of the molecule is C=CCCCC1(C(=O)CC)SCCCS1. The van der Waals surface area contributed by atoms with Crippen LogP contribution in [0.1, 0.15) is 39.0 Å². The number of unbranched alkanes of at least 4 members (excludes halogenated alkanes) is 1. The molecule has 0 saturated carbocycles. The van der Waals surface area contributed by atoms with Crippen molar-refractivity contribution in [3.8, 4) is 0 Å². The minimum atomic E-state index is -0.115. The summed E-state index contributed by atoms with van der Waals surface area (Å²) in [5, 5.41) is 0. The van der Waals surface area contributed by atoms with Gasteiger partial charge in [0.25, 0.3) is 0 Å². The van der Waals surface area contributed by atoms with Crippen LogP contribution in [0.4, 0.5) is 0 Å². The quantitative estimate of drug-likeness (QED) is 0.521. The fourth-order valence-corrected chi connectivity index (χ4v) is 5.21. The lowest BCUT2D eigenvalue weighted by atomic mass is 10.1. The summed E-state index contributed by atoms with van der Waals surface area (Å²) >= 11 is 3.75. The summed E-state index contributed by atoms with van der Waals surface area (Å²) in [6.45, 7) is 5.71. The first-order chi connectivity index (χ1) is 7.25. The average molecular weight is 244 g/mol. The first kappa shape index (κ1) is 13.2. The van der Waals surface area contributed by atoms with Gasteiger partial charge in [0.1, 0.15) is 4.08 Å². The van der Waals surface area contributed by atoms with Crippen molar-refractivity contribution in [3.05, 3.63) is 12.7 Å². The second-order valence-electron chi connectivity index (χ2n) is 3.76. The van der Waals surface area contributed by atoms with E-state index in [4.69, 9.17) is 0 Å². The molecule has 0 aromatic rings. The van der Waals surface area contributed by atoms with Crippen molar-refractivity contribution in [3.63, 3.8) is 0 Å². The highest BCUT2D eigenvalue weighted by atomic mass is 32.2. The number of carbonyl (C=O) groups is 1. The van der Waals surface area contributed by atoms with Crippen LogP contribution in [0.5, 0.6) is 0 Å². The van der Waals surface area contributed by atoms with Crippen molar-refractivity contribution >= 4 is 29.3 Å². The molecule has 86 valence electrons. The van der Waals surface area contributed by atoms with Crippen molar-refractivity contribution in [2.75, 3.05) is 11.5 Å². The van der Waals surface area contributed by atoms with E-state index in [-0.39, 0.29) is 4.08 Å². The van der Waals surface area contributed by atoms with Gasteiger partial charge < -0.3 is 0 Å². The van der Waals surface area contributed by atoms with Crippen LogP contribution in [0, 0.1) is 0 Å². The van der Waals surface area contributed by atoms with E-state index in [1.165, 1.54) is 6.42 Å². The van der Waals surface area contributed by atoms with Crippen molar-refractivity contribution in [1.82, 2.24) is 0 Å². The number of allylic oxidation sites excluding steroid dienone is 1. The maximum absolute atomic E-state index is 12.0. The summed E-state index contributed by atoms with van der Waals surface area (Å²) in [5.41, 5.74) is 0. The van der Waals surface area contributed by atoms with E-state index < -0.39 is 0 Å². The summed E-state index contributed by atoms with van der Waals surface area (Å²) in [4.78, 5) is 12.0. The second-order valence-corrected chi connectivity index (χ2v) is 6.81. The van der Waals surface area contributed by atoms with E-state index in [0.29, 0.717) is 12.2 Å². The van der Waals surface area contributed by atoms with Crippen LogP contribution in [0.3, 0.4) is 0 Å². The number of rotatable bonds is 6. The Balaban J connectivity index is 2.58. The Kier molecular flexibility index (Phi) is 5.83. The fraction of sp³-hybridized carbons (Fsp3) is 0.750. The molecule has 0 unspecified atom stereocenters. The molecule has 0 bridgehead atoms. The molecule has 3 heteroatoms. The van der Waals surface area contributed by atoms with Gasteiger partial charge in [-0.3, -0.25) is 4.79 Å². The average Bonchev–Trinajstić information content (AvgIpc) is 2.29. The second kappa shape index (κ2) is 6.64. The number of hydrogen-bond acceptors (Lipinski definition) is 3. The summed E-state index contributed by atoms with van der Waals surface area (Å²) in [7, 11) is 0. The lowest BCUT2D eigenvalue weighted by Gasteiger charge is -2.34. The summed E-state index contributed by atoms with van der Waals surface area (Å²) < 4.78 is -0.115. The highest BCUT2D eigenvalue weighted by molar-refractivity contribution is 8.19. The zero-order valence-electron chi connectivity index (χ0n) is 9.46. The van der Waals surface area contributed by atoms with Crippen LogP contribution in [0.2, 0.25) is 0 Å². The molecule has 0 N–H and O–H groups in total. The molecule has 0 atom stereocenters. The number of thioether (sulfide) groups is 2. The lowest BCUT2D eigenvalue weighted by Crippen LogP contribution is -2.34. The third-order valence-corrected chi connectivity index (χ3v) is 6.11. The van der Waals surface area contributed by atoms with E-state index >= 15 is 0 Å². The third-order valence-electron chi connectivity index (χ3n) is 2.62. The normalized spacial score (nSPS) is 19.8. The summed E-state index contributed by atoms with van der Waals surface area (Å²) in [5.74, 6) is 2.72. The molecule has 0 amide bonds. The Morgan fingerprint density at radius 1 is 1.47 bits per heavy atom. The van der Waals surface area contributed by atoms with Crippen LogP contribution in [-0.4, -0.2) is 21.4 Å². The standard InChI is InChI=1S/C12H20OS2/c1-3-5-6-8-12(11(13)4-2)14-9-7-10-15-12/h3H,1,4-10H2,2H3. The maximum atomic E-state index is 12.0. The zero-order chi connectivity index (χ0) is 11.1. The van der Waals surface area contributed by atoms with Gasteiger partial charge in [0.2, 0.25) is 0 Å². The van der Waals surface area contributed by atoms with Gasteiger partial charge in [-0.1, -0.05) is 13.0 Å². The van der Waals surface area contributed by atoms with Gasteiger partial charge in [0, 0.05) is 6.42 Å². The molecule has 1 heterocycles. The zero-order valence-corrected chi connectivity index (χ0v) is 11.1. The van der Waals surface area contributed by atoms with E-state index in [0.717, 1.165) is 30.8 Å². The summed E-state index contributed by atoms with van der Waals surface area (Å²) in [6, 6.07) is 0. The Labute approximate surface area is 101 Å². The number of carbonyl (C=O) groups excluding carboxylic acids is 1. The molecular formula is C12H20OS2. The van der Waals surface area contributed by atoms with Crippen LogP contribution in [0.25, 0.3) is 0 Å². The van der Waals surface area contributed by atoms with Gasteiger partial charge in [-0.15, -0.1) is 30.1 Å². The monoisotopic (exact) mass is 244 g/mol. The van der Waals surface area contributed by atoms with Gasteiger partial charge in [0.15, 0.2) is 5.78 Å². The summed E-state index contributed by atoms with van der Waals surface area (Å²) in [6.07, 6.45) is 7.00. The molecule has 0 spiro atoms. The molecule has 1 fully saturated rings. The van der Waals surface area contributed by atoms with Crippen LogP contribution < -0.4 is 0 Å². The molecule has 1 aliphatic rings. The molecule has 0 aliphatic carbocycles. The smallest absolute Gasteiger partial charge is 0.158 e. The van der Waals surface area contributed by atoms with Gasteiger partial charge in [-0.2, -0.15) is 0 Å². The van der Waals surface area contributed by atoms with E-state index in [9.17, 15) is 4.79 Å². The minimum Gasteiger partial charge on any atom is -0.297 e. The maximum Gasteiger partial charge on any atom is 0.158 e. The molecule has 15 heavy (non-hydrogen) atoms. The number of hydrogen-bond donors (Lipinski definition) is 0. The molecule has 1 aliphatic heterocycles. The predicted octanol–water partition coefficient (Wildman–Crippen LogP) is 3.89. The molecule has 1 saturated heterocycles. The van der Waals surface area contributed by atoms with Crippen LogP contribution in [0.15, 0.2) is 12.7 Å². The number of ketones is 1. The van der Waals surface area contributed by atoms with Crippen molar-refractivity contribution < 1.29 is 4.79 Å². The molecule has 1 nitrogen and oxygen atoms in total. The highest BCUT2D eigenvalue weighted by Gasteiger charge is 2.38. The molecule has 0 radical (unpaired) electrons. The first-order valence-corrected chi connectivity index (χ1v) is 7.64. The van der Waals surface area contributed by atoms with E-state index in [1.807, 2.05) is 36.5 Å². The van der Waals surface area contributed by atoms with Crippen LogP contribution >= 0.6 is 23.5 Å². The molecular weight excluding hydrogens is 224 g/mol. The van der Waals surface area contributed by atoms with Crippen LogP contribution in [-0.2, 0) is 4.79 Å². The first-order valence-electron chi connectivity index (χ1n) is 5.67. The molecule has 1 rings (SSSR count). The van der Waals surface area contributed by atoms with Crippen molar-refractivity contribution in [2.24, 2.45) is 0 Å². The highest BCUT2D eigenvalue weighted by Crippen LogP contribution is 2.47. The Bertz CT molecular complexity index is 220. The van der Waals surface area contributed by atoms with Gasteiger partial charge >= 0.3 is 0 Å². The van der Waals surface area contributed by atoms with Gasteiger partial charge in [-0.25, -0.2) is 0 Å². The topological polar surface area (TPSA) is 17.1 Å². The Hall–Kier alpha value is 0.110. The van der Waals surface area contributed by atoms with Crippen molar-refractivity contribution in [1.29, 1.82) is 0 Å². The fourth-order valence-electron chi connectivity index (χ4n) is 1.77. The Morgan fingerprint density at radius 3 is 2.67 bits per heavy atom. The number of Topliss-reactive ketones (excluding diaryl/α,β-unsaturated/α-hetero) is 1. The largest absolute Gasteiger partial charge is 0.297 e. The van der Waals surface area contributed by atoms with E-state index in [2.05, 4.69) is 6.58 Å². The molecule has 0 aromatic carbocycles. The van der Waals surface area contributed by atoms with Gasteiger partial charge in [0.05, 0.1) is 0 Å². The van der Waals surface area contributed by atoms with Gasteiger partial charge in [-0.05, 0) is 37.2 Å². The molecule has 0 aromatic heterocycles. The van der Waals surface area contributed by atoms with Crippen molar-refractivity contribution in [2.45, 2.75) is 43.1 Å². The predicted molar refractivity (Wildman–Crippen MR) is 71.6 cm³/mol. The van der Waals surface area contributed by atoms with E-state index in [1.54, 1.807) is 0 Å². The Morgan fingerprint density at radius 2 is 2.13 bits per heavy atom. The third kappa shape index (κ3) is 3.56. The lowest BCUT2D eigenvalue weighted by molar-refractivity contribution is -0.119.